The van der Waals surface area contributed by atoms with Crippen molar-refractivity contribution in [1.29, 1.82) is 0 Å². The number of carbonyl (C=O) groups excluding carboxylic acids is 1. The van der Waals surface area contributed by atoms with Gasteiger partial charge in [0, 0.05) is 6.54 Å². The van der Waals surface area contributed by atoms with E-state index in [0.717, 1.165) is 31.4 Å². The first kappa shape index (κ1) is 14.7. The van der Waals surface area contributed by atoms with Crippen molar-refractivity contribution in [3.8, 4) is 0 Å². The highest BCUT2D eigenvalue weighted by Gasteiger charge is 2.18. The van der Waals surface area contributed by atoms with Crippen molar-refractivity contribution in [2.24, 2.45) is 5.92 Å². The van der Waals surface area contributed by atoms with Gasteiger partial charge >= 0.3 is 0 Å². The topological polar surface area (TPSA) is 29.1 Å². The monoisotopic (exact) mass is 247 g/mol. The average Bonchev–Trinajstić information content (AvgIpc) is 2.42. The maximum Gasteiger partial charge on any atom is 0.227 e. The van der Waals surface area contributed by atoms with Crippen LogP contribution in [0.4, 0.5) is 0 Å². The molecule has 0 bridgehead atoms. The molecule has 18 heavy (non-hydrogen) atoms. The summed E-state index contributed by atoms with van der Waals surface area (Å²) in [4.78, 5) is 12.2. The molecule has 100 valence electrons. The van der Waals surface area contributed by atoms with Crippen LogP contribution in [0.3, 0.4) is 0 Å². The van der Waals surface area contributed by atoms with E-state index < -0.39 is 0 Å². The second-order valence-electron chi connectivity index (χ2n) is 4.80. The van der Waals surface area contributed by atoms with Crippen LogP contribution in [-0.2, 0) is 4.79 Å². The van der Waals surface area contributed by atoms with Gasteiger partial charge in [0.25, 0.3) is 0 Å². The molecule has 0 aromatic heterocycles. The van der Waals surface area contributed by atoms with Gasteiger partial charge in [-0.1, -0.05) is 63.9 Å². The molecule has 1 unspecified atom stereocenters. The molecular formula is C16H25NO. The van der Waals surface area contributed by atoms with Gasteiger partial charge in [-0.25, -0.2) is 0 Å². The predicted molar refractivity (Wildman–Crippen MR) is 76.6 cm³/mol. The molecule has 0 radical (unpaired) electrons. The van der Waals surface area contributed by atoms with Gasteiger partial charge in [-0.15, -0.1) is 0 Å². The third-order valence-corrected chi connectivity index (χ3v) is 3.65. The molecule has 1 N–H and O–H groups in total. The molecule has 0 saturated heterocycles. The van der Waals surface area contributed by atoms with E-state index in [2.05, 4.69) is 26.1 Å². The van der Waals surface area contributed by atoms with E-state index >= 15 is 0 Å². The SMILES string of the molecule is CCC(CC)CNC(=O)C(CC)c1ccccc1. The van der Waals surface area contributed by atoms with Crippen LogP contribution in [0.2, 0.25) is 0 Å². The summed E-state index contributed by atoms with van der Waals surface area (Å²) in [5.74, 6) is 0.749. The highest BCUT2D eigenvalue weighted by atomic mass is 16.1. The quantitative estimate of drug-likeness (QED) is 0.781. The summed E-state index contributed by atoms with van der Waals surface area (Å²) in [7, 11) is 0. The first-order chi connectivity index (χ1) is 8.72. The Morgan fingerprint density at radius 3 is 2.17 bits per heavy atom. The number of carbonyl (C=O) groups is 1. The summed E-state index contributed by atoms with van der Waals surface area (Å²) in [6, 6.07) is 10.0. The second kappa shape index (κ2) is 7.91. The fourth-order valence-corrected chi connectivity index (χ4v) is 2.20. The molecule has 0 aliphatic carbocycles. The first-order valence-corrected chi connectivity index (χ1v) is 7.05. The van der Waals surface area contributed by atoms with Gasteiger partial charge in [0.1, 0.15) is 0 Å². The third kappa shape index (κ3) is 4.17. The van der Waals surface area contributed by atoms with Gasteiger partial charge in [-0.3, -0.25) is 4.79 Å². The standard InChI is InChI=1S/C16H25NO/c1-4-13(5-2)12-17-16(18)15(6-3)14-10-8-7-9-11-14/h7-11,13,15H,4-6,12H2,1-3H3,(H,17,18). The maximum absolute atomic E-state index is 12.2. The van der Waals surface area contributed by atoms with E-state index in [1.165, 1.54) is 0 Å². The molecule has 1 amide bonds. The average molecular weight is 247 g/mol. The van der Waals surface area contributed by atoms with E-state index in [-0.39, 0.29) is 11.8 Å². The molecule has 0 aliphatic heterocycles. The molecular weight excluding hydrogens is 222 g/mol. The van der Waals surface area contributed by atoms with Gasteiger partial charge in [0.2, 0.25) is 5.91 Å². The summed E-state index contributed by atoms with van der Waals surface area (Å²) in [5, 5.41) is 3.10. The number of hydrogen-bond acceptors (Lipinski definition) is 1. The number of benzene rings is 1. The zero-order valence-corrected chi connectivity index (χ0v) is 11.8. The van der Waals surface area contributed by atoms with Gasteiger partial charge in [0.05, 0.1) is 5.92 Å². The fourth-order valence-electron chi connectivity index (χ4n) is 2.20. The van der Waals surface area contributed by atoms with E-state index in [1.54, 1.807) is 0 Å². The van der Waals surface area contributed by atoms with Gasteiger partial charge in [0.15, 0.2) is 0 Å². The van der Waals surface area contributed by atoms with E-state index in [9.17, 15) is 4.79 Å². The lowest BCUT2D eigenvalue weighted by Crippen LogP contribution is -2.33. The molecule has 2 nitrogen and oxygen atoms in total. The van der Waals surface area contributed by atoms with Crippen LogP contribution in [0, 0.1) is 5.92 Å². The summed E-state index contributed by atoms with van der Waals surface area (Å²) >= 11 is 0. The molecule has 2 heteroatoms. The minimum Gasteiger partial charge on any atom is -0.355 e. The fraction of sp³-hybridized carbons (Fsp3) is 0.562. The summed E-state index contributed by atoms with van der Waals surface area (Å²) in [6.45, 7) is 7.22. The molecule has 1 rings (SSSR count). The largest absolute Gasteiger partial charge is 0.355 e. The van der Waals surface area contributed by atoms with Crippen molar-refractivity contribution in [3.63, 3.8) is 0 Å². The lowest BCUT2D eigenvalue weighted by Gasteiger charge is -2.18. The predicted octanol–water partition coefficient (Wildman–Crippen LogP) is 3.73. The van der Waals surface area contributed by atoms with Gasteiger partial charge < -0.3 is 5.32 Å². The Morgan fingerprint density at radius 2 is 1.67 bits per heavy atom. The number of nitrogens with one attached hydrogen (secondary N) is 1. The Hall–Kier alpha value is -1.31. The van der Waals surface area contributed by atoms with E-state index in [4.69, 9.17) is 0 Å². The Kier molecular flexibility index (Phi) is 6.48. The minimum absolute atomic E-state index is 0.0134. The third-order valence-electron chi connectivity index (χ3n) is 3.65. The Balaban J connectivity index is 2.58. The van der Waals surface area contributed by atoms with Crippen LogP contribution in [0.25, 0.3) is 0 Å². The summed E-state index contributed by atoms with van der Waals surface area (Å²) in [5.41, 5.74) is 1.11. The summed E-state index contributed by atoms with van der Waals surface area (Å²) in [6.07, 6.45) is 3.09. The highest BCUT2D eigenvalue weighted by molar-refractivity contribution is 5.83. The molecule has 1 aromatic carbocycles. The van der Waals surface area contributed by atoms with Crippen molar-refractivity contribution in [2.75, 3.05) is 6.54 Å². The molecule has 0 aliphatic rings. The number of hydrogen-bond donors (Lipinski definition) is 1. The number of amides is 1. The minimum atomic E-state index is -0.0134. The normalized spacial score (nSPS) is 12.4. The molecule has 0 heterocycles. The summed E-state index contributed by atoms with van der Waals surface area (Å²) < 4.78 is 0. The Morgan fingerprint density at radius 1 is 1.06 bits per heavy atom. The van der Waals surface area contributed by atoms with Crippen molar-refractivity contribution in [2.45, 2.75) is 46.0 Å². The van der Waals surface area contributed by atoms with Crippen LogP contribution >= 0.6 is 0 Å². The first-order valence-electron chi connectivity index (χ1n) is 7.05. The molecule has 0 spiro atoms. The van der Waals surface area contributed by atoms with Crippen molar-refractivity contribution in [3.05, 3.63) is 35.9 Å². The zero-order valence-electron chi connectivity index (χ0n) is 11.8. The zero-order chi connectivity index (χ0) is 13.4. The van der Waals surface area contributed by atoms with Crippen molar-refractivity contribution >= 4 is 5.91 Å². The molecule has 1 atom stereocenters. The van der Waals surface area contributed by atoms with Crippen LogP contribution in [0.5, 0.6) is 0 Å². The van der Waals surface area contributed by atoms with Crippen molar-refractivity contribution < 1.29 is 4.79 Å². The van der Waals surface area contributed by atoms with Crippen molar-refractivity contribution in [1.82, 2.24) is 5.32 Å². The van der Waals surface area contributed by atoms with Gasteiger partial charge in [-0.2, -0.15) is 0 Å². The lowest BCUT2D eigenvalue weighted by molar-refractivity contribution is -0.122. The lowest BCUT2D eigenvalue weighted by atomic mass is 9.95. The van der Waals surface area contributed by atoms with E-state index in [1.807, 2.05) is 30.3 Å². The Bertz CT molecular complexity index is 343. The van der Waals surface area contributed by atoms with Crippen LogP contribution < -0.4 is 5.32 Å². The molecule has 0 fully saturated rings. The van der Waals surface area contributed by atoms with Gasteiger partial charge in [-0.05, 0) is 17.9 Å². The highest BCUT2D eigenvalue weighted by Crippen LogP contribution is 2.19. The maximum atomic E-state index is 12.2. The van der Waals surface area contributed by atoms with E-state index in [0.29, 0.717) is 5.92 Å². The van der Waals surface area contributed by atoms with Crippen LogP contribution in [-0.4, -0.2) is 12.5 Å². The van der Waals surface area contributed by atoms with Crippen LogP contribution in [0.15, 0.2) is 30.3 Å². The van der Waals surface area contributed by atoms with Crippen LogP contribution in [0.1, 0.15) is 51.5 Å². The smallest absolute Gasteiger partial charge is 0.227 e. The molecule has 1 aromatic rings. The number of rotatable bonds is 7. The second-order valence-corrected chi connectivity index (χ2v) is 4.80. The molecule has 0 saturated carbocycles. The Labute approximate surface area is 111 Å².